The monoisotopic (exact) mass is 350 g/mol. The van der Waals surface area contributed by atoms with Gasteiger partial charge in [0.05, 0.1) is 12.1 Å². The number of amides is 1. The second-order valence-electron chi connectivity index (χ2n) is 7.99. The Hall–Kier alpha value is -1.79. The molecule has 1 aliphatic heterocycles. The van der Waals surface area contributed by atoms with Crippen molar-refractivity contribution in [3.8, 4) is 5.75 Å². The number of carbonyl (C=O) groups excluding carboxylic acids is 1. The van der Waals surface area contributed by atoms with Crippen LogP contribution in [0.5, 0.6) is 5.75 Å². The Bertz CT molecular complexity index is 610. The number of nitrogens with one attached hydrogen (secondary N) is 1. The number of nitrogens with zero attached hydrogens (tertiary/aromatic N) is 1. The summed E-state index contributed by atoms with van der Waals surface area (Å²) in [6, 6.07) is 6.98. The van der Waals surface area contributed by atoms with E-state index < -0.39 is 11.3 Å². The molecule has 0 spiro atoms. The zero-order valence-electron chi connectivity index (χ0n) is 16.0. The quantitative estimate of drug-likeness (QED) is 0.872. The number of hydrogen-bond donors (Lipinski definition) is 2. The molecule has 6 nitrogen and oxygen atoms in total. The van der Waals surface area contributed by atoms with Gasteiger partial charge in [-0.25, -0.2) is 4.79 Å². The van der Waals surface area contributed by atoms with E-state index >= 15 is 0 Å². The minimum Gasteiger partial charge on any atom is -0.508 e. The maximum absolute atomic E-state index is 12.7. The van der Waals surface area contributed by atoms with Crippen molar-refractivity contribution in [2.75, 3.05) is 6.54 Å². The van der Waals surface area contributed by atoms with Crippen molar-refractivity contribution in [1.82, 2.24) is 10.2 Å². The van der Waals surface area contributed by atoms with Gasteiger partial charge in [0.2, 0.25) is 0 Å². The van der Waals surface area contributed by atoms with Gasteiger partial charge in [0.1, 0.15) is 17.1 Å². The zero-order valence-corrected chi connectivity index (χ0v) is 16.0. The van der Waals surface area contributed by atoms with E-state index in [1.54, 1.807) is 17.0 Å². The maximum atomic E-state index is 12.7. The second-order valence-corrected chi connectivity index (χ2v) is 7.99. The van der Waals surface area contributed by atoms with Crippen molar-refractivity contribution < 1.29 is 19.4 Å². The topological polar surface area (TPSA) is 71.0 Å². The van der Waals surface area contributed by atoms with E-state index in [2.05, 4.69) is 5.32 Å². The maximum Gasteiger partial charge on any atom is 0.412 e. The lowest BCUT2D eigenvalue weighted by atomic mass is 10.1. The molecule has 1 amide bonds. The summed E-state index contributed by atoms with van der Waals surface area (Å²) < 4.78 is 11.5. The van der Waals surface area contributed by atoms with E-state index in [9.17, 15) is 9.90 Å². The van der Waals surface area contributed by atoms with Gasteiger partial charge in [-0.05, 0) is 59.2 Å². The Labute approximate surface area is 150 Å². The molecule has 0 aliphatic carbocycles. The average molecular weight is 350 g/mol. The van der Waals surface area contributed by atoms with E-state index in [4.69, 9.17) is 9.47 Å². The average Bonchev–Trinajstić information content (AvgIpc) is 2.66. The van der Waals surface area contributed by atoms with Crippen LogP contribution in [0, 0.1) is 0 Å². The number of carbonyl (C=O) groups is 1. The van der Waals surface area contributed by atoms with E-state index in [0.717, 1.165) is 5.56 Å². The number of hydrogen-bond acceptors (Lipinski definition) is 5. The summed E-state index contributed by atoms with van der Waals surface area (Å²) in [5.74, 6) is 0.244. The fourth-order valence-electron chi connectivity index (χ4n) is 3.15. The number of benzene rings is 1. The third-order valence-corrected chi connectivity index (χ3v) is 4.11. The van der Waals surface area contributed by atoms with Crippen molar-refractivity contribution in [3.05, 3.63) is 29.8 Å². The van der Waals surface area contributed by atoms with E-state index in [1.807, 2.05) is 53.7 Å². The molecule has 2 rings (SSSR count). The number of rotatable bonds is 4. The van der Waals surface area contributed by atoms with Crippen LogP contribution in [0.2, 0.25) is 0 Å². The summed E-state index contributed by atoms with van der Waals surface area (Å²) in [6.07, 6.45) is -0.481. The Morgan fingerprint density at radius 2 is 2.08 bits per heavy atom. The summed E-state index contributed by atoms with van der Waals surface area (Å²) in [5, 5.41) is 12.9. The lowest BCUT2D eigenvalue weighted by Crippen LogP contribution is -2.53. The molecular formula is C19H30N2O4. The minimum atomic E-state index is -0.723. The van der Waals surface area contributed by atoms with Gasteiger partial charge in [0.25, 0.3) is 0 Å². The molecule has 1 saturated heterocycles. The van der Waals surface area contributed by atoms with Gasteiger partial charge in [-0.15, -0.1) is 0 Å². The molecule has 2 atom stereocenters. The van der Waals surface area contributed by atoms with Crippen molar-refractivity contribution in [2.45, 2.75) is 71.6 Å². The first-order valence-electron chi connectivity index (χ1n) is 8.68. The normalized spacial score (nSPS) is 22.9. The summed E-state index contributed by atoms with van der Waals surface area (Å²) >= 11 is 0. The molecule has 25 heavy (non-hydrogen) atoms. The number of aromatic hydroxyl groups is 1. The molecule has 1 aliphatic rings. The summed E-state index contributed by atoms with van der Waals surface area (Å²) in [5.41, 5.74) is -0.299. The van der Waals surface area contributed by atoms with Crippen molar-refractivity contribution in [1.29, 1.82) is 0 Å². The van der Waals surface area contributed by atoms with Crippen LogP contribution < -0.4 is 5.32 Å². The lowest BCUT2D eigenvalue weighted by Gasteiger charge is -2.35. The van der Waals surface area contributed by atoms with Gasteiger partial charge in [-0.3, -0.25) is 4.90 Å². The van der Waals surface area contributed by atoms with Crippen LogP contribution in [0.15, 0.2) is 24.3 Å². The van der Waals surface area contributed by atoms with Crippen LogP contribution in [0.3, 0.4) is 0 Å². The number of phenols is 1. The Morgan fingerprint density at radius 3 is 2.68 bits per heavy atom. The van der Waals surface area contributed by atoms with Crippen LogP contribution >= 0.6 is 0 Å². The first-order valence-corrected chi connectivity index (χ1v) is 8.68. The van der Waals surface area contributed by atoms with Crippen LogP contribution in [-0.2, 0) is 16.0 Å². The van der Waals surface area contributed by atoms with Crippen LogP contribution in [0.1, 0.15) is 47.1 Å². The smallest absolute Gasteiger partial charge is 0.412 e. The second kappa shape index (κ2) is 7.22. The highest BCUT2D eigenvalue weighted by Gasteiger charge is 2.49. The van der Waals surface area contributed by atoms with Crippen LogP contribution in [0.4, 0.5) is 4.79 Å². The lowest BCUT2D eigenvalue weighted by molar-refractivity contribution is -0.0756. The molecular weight excluding hydrogens is 320 g/mol. The molecule has 6 heteroatoms. The summed E-state index contributed by atoms with van der Waals surface area (Å²) in [4.78, 5) is 14.4. The largest absolute Gasteiger partial charge is 0.508 e. The molecule has 0 unspecified atom stereocenters. The van der Waals surface area contributed by atoms with Gasteiger partial charge in [0.15, 0.2) is 0 Å². The highest BCUT2D eigenvalue weighted by molar-refractivity contribution is 5.70. The molecule has 1 heterocycles. The highest BCUT2D eigenvalue weighted by atomic mass is 16.6. The van der Waals surface area contributed by atoms with Gasteiger partial charge in [-0.2, -0.15) is 0 Å². The van der Waals surface area contributed by atoms with Crippen LogP contribution in [0.25, 0.3) is 0 Å². The zero-order chi connectivity index (χ0) is 18.8. The van der Waals surface area contributed by atoms with E-state index in [0.29, 0.717) is 13.1 Å². The van der Waals surface area contributed by atoms with Crippen molar-refractivity contribution >= 4 is 6.09 Å². The van der Waals surface area contributed by atoms with Crippen molar-refractivity contribution in [2.24, 2.45) is 0 Å². The molecule has 0 aromatic heterocycles. The molecule has 0 radical (unpaired) electrons. The third-order valence-electron chi connectivity index (χ3n) is 4.11. The Kier molecular flexibility index (Phi) is 5.64. The predicted molar refractivity (Wildman–Crippen MR) is 96.3 cm³/mol. The third kappa shape index (κ3) is 5.09. The SMILES string of the molecule is C[C@@H]1OC(C)(C)N(C(=O)OC(C)(C)C)[C@@H]1CNCc1cccc(O)c1. The standard InChI is InChI=1S/C19H30N2O4/c1-13-16(12-20-11-14-8-7-9-15(22)10-14)21(19(5,6)24-13)17(23)25-18(2,3)4/h7-10,13,16,20,22H,11-12H2,1-6H3/t13-,16+/m0/s1. The first kappa shape index (κ1) is 19.5. The van der Waals surface area contributed by atoms with Gasteiger partial charge in [0, 0.05) is 13.1 Å². The fraction of sp³-hybridized carbons (Fsp3) is 0.632. The Balaban J connectivity index is 2.04. The Morgan fingerprint density at radius 1 is 1.40 bits per heavy atom. The number of ether oxygens (including phenoxy) is 2. The molecule has 1 aromatic carbocycles. The minimum absolute atomic E-state index is 0.112. The molecule has 1 fully saturated rings. The van der Waals surface area contributed by atoms with Gasteiger partial charge in [-0.1, -0.05) is 12.1 Å². The first-order chi connectivity index (χ1) is 11.5. The number of phenolic OH excluding ortho intramolecular Hbond substituents is 1. The van der Waals surface area contributed by atoms with Crippen LogP contribution in [-0.4, -0.2) is 46.1 Å². The summed E-state index contributed by atoms with van der Waals surface area (Å²) in [7, 11) is 0. The molecule has 0 saturated carbocycles. The van der Waals surface area contributed by atoms with Gasteiger partial charge >= 0.3 is 6.09 Å². The predicted octanol–water partition coefficient (Wildman–Crippen LogP) is 3.24. The molecule has 2 N–H and O–H groups in total. The molecule has 140 valence electrons. The molecule has 0 bridgehead atoms. The van der Waals surface area contributed by atoms with E-state index in [-0.39, 0.29) is 24.0 Å². The van der Waals surface area contributed by atoms with Gasteiger partial charge < -0.3 is 19.9 Å². The van der Waals surface area contributed by atoms with E-state index in [1.165, 1.54) is 0 Å². The summed E-state index contributed by atoms with van der Waals surface area (Å²) in [6.45, 7) is 12.5. The molecule has 1 aromatic rings. The van der Waals surface area contributed by atoms with Crippen molar-refractivity contribution in [3.63, 3.8) is 0 Å². The highest BCUT2D eigenvalue weighted by Crippen LogP contribution is 2.33. The fourth-order valence-corrected chi connectivity index (χ4v) is 3.15.